The lowest BCUT2D eigenvalue weighted by Crippen LogP contribution is -2.21. The molecule has 1 fully saturated rings. The number of anilines is 1. The Labute approximate surface area is 200 Å². The van der Waals surface area contributed by atoms with Crippen molar-refractivity contribution in [2.45, 2.75) is 84.7 Å². The van der Waals surface area contributed by atoms with Crippen LogP contribution < -0.4 is 10.1 Å². The maximum atomic E-state index is 11.5. The fourth-order valence-corrected chi connectivity index (χ4v) is 6.36. The van der Waals surface area contributed by atoms with E-state index in [2.05, 4.69) is 43.4 Å². The summed E-state index contributed by atoms with van der Waals surface area (Å²) in [4.78, 5) is 11.5. The molecule has 5 atom stereocenters. The Morgan fingerprint density at radius 3 is 2.76 bits per heavy atom. The van der Waals surface area contributed by atoms with Gasteiger partial charge in [0.05, 0.1) is 0 Å². The number of rotatable bonds is 8. The van der Waals surface area contributed by atoms with E-state index in [0.29, 0.717) is 5.92 Å². The Hall–Kier alpha value is -2.29. The van der Waals surface area contributed by atoms with Gasteiger partial charge in [-0.15, -0.1) is 0 Å². The molecule has 2 aromatic carbocycles. The average Bonchev–Trinajstić information content (AvgIpc) is 2.95. The van der Waals surface area contributed by atoms with Gasteiger partial charge in [-0.3, -0.25) is 4.79 Å². The van der Waals surface area contributed by atoms with Crippen LogP contribution in [0.25, 0.3) is 0 Å². The van der Waals surface area contributed by atoms with Crippen LogP contribution in [0.4, 0.5) is 5.69 Å². The molecule has 1 N–H and O–H groups in total. The van der Waals surface area contributed by atoms with Crippen molar-refractivity contribution in [3.8, 4) is 5.75 Å². The fraction of sp³-hybridized carbons (Fsp3) is 0.567. The number of ether oxygens (including phenoxy) is 1. The summed E-state index contributed by atoms with van der Waals surface area (Å²) in [6.07, 6.45) is 12.1. The summed E-state index contributed by atoms with van der Waals surface area (Å²) in [5, 5.41) is 2.88. The van der Waals surface area contributed by atoms with Crippen LogP contribution in [0.1, 0.15) is 89.4 Å². The van der Waals surface area contributed by atoms with Crippen LogP contribution in [-0.2, 0) is 11.2 Å². The smallest absolute Gasteiger partial charge is 0.221 e. The zero-order valence-corrected chi connectivity index (χ0v) is 20.7. The van der Waals surface area contributed by atoms with E-state index < -0.39 is 0 Å². The molecular formula is C30H41NO2. The first-order chi connectivity index (χ1) is 16.0. The maximum absolute atomic E-state index is 11.5. The zero-order valence-electron chi connectivity index (χ0n) is 20.7. The molecule has 1 saturated carbocycles. The number of carbonyl (C=O) groups is 1. The van der Waals surface area contributed by atoms with Gasteiger partial charge < -0.3 is 10.1 Å². The number of nitrogens with one attached hydrogen (secondary N) is 1. The van der Waals surface area contributed by atoms with Gasteiger partial charge in [0, 0.05) is 24.6 Å². The van der Waals surface area contributed by atoms with E-state index >= 15 is 0 Å². The molecule has 0 heterocycles. The fourth-order valence-electron chi connectivity index (χ4n) is 6.36. The molecule has 4 rings (SSSR count). The predicted octanol–water partition coefficient (Wildman–Crippen LogP) is 7.96. The summed E-state index contributed by atoms with van der Waals surface area (Å²) in [6.45, 7) is 6.34. The Morgan fingerprint density at radius 2 is 1.94 bits per heavy atom. The highest BCUT2D eigenvalue weighted by atomic mass is 16.5. The third-order valence-corrected chi connectivity index (χ3v) is 7.95. The molecule has 0 aliphatic heterocycles. The highest BCUT2D eigenvalue weighted by molar-refractivity contribution is 5.88. The number of hydrogen-bond donors (Lipinski definition) is 1. The van der Waals surface area contributed by atoms with E-state index in [1.54, 1.807) is 0 Å². The average molecular weight is 448 g/mol. The van der Waals surface area contributed by atoms with Gasteiger partial charge in [-0.25, -0.2) is 0 Å². The number of hydrogen-bond acceptors (Lipinski definition) is 2. The minimum Gasteiger partial charge on any atom is -0.485 e. The normalized spacial score (nSPS) is 25.7. The second-order valence-corrected chi connectivity index (χ2v) is 10.6. The molecule has 2 aromatic rings. The second kappa shape index (κ2) is 11.2. The van der Waals surface area contributed by atoms with Crippen LogP contribution in [0.3, 0.4) is 0 Å². The number of carbonyl (C=O) groups excluding carboxylic acids is 1. The highest BCUT2D eigenvalue weighted by Gasteiger charge is 2.36. The van der Waals surface area contributed by atoms with Crippen molar-refractivity contribution in [1.29, 1.82) is 0 Å². The van der Waals surface area contributed by atoms with Gasteiger partial charge >= 0.3 is 0 Å². The van der Waals surface area contributed by atoms with Gasteiger partial charge in [0.15, 0.2) is 0 Å². The Bertz CT molecular complexity index is 923. The van der Waals surface area contributed by atoms with Crippen molar-refractivity contribution in [3.63, 3.8) is 0 Å². The first-order valence-corrected chi connectivity index (χ1v) is 13.2. The maximum Gasteiger partial charge on any atom is 0.221 e. The molecule has 0 radical (unpaired) electrons. The van der Waals surface area contributed by atoms with Crippen molar-refractivity contribution in [1.82, 2.24) is 0 Å². The summed E-state index contributed by atoms with van der Waals surface area (Å²) < 4.78 is 6.67. The van der Waals surface area contributed by atoms with Crippen LogP contribution in [0.5, 0.6) is 5.75 Å². The summed E-state index contributed by atoms with van der Waals surface area (Å²) in [6, 6.07) is 16.7. The lowest BCUT2D eigenvalue weighted by atomic mass is 9.78. The predicted molar refractivity (Wildman–Crippen MR) is 137 cm³/mol. The van der Waals surface area contributed by atoms with E-state index in [-0.39, 0.29) is 12.0 Å². The number of amides is 1. The minimum atomic E-state index is -0.0588. The van der Waals surface area contributed by atoms with Gasteiger partial charge in [0.1, 0.15) is 11.9 Å². The van der Waals surface area contributed by atoms with Gasteiger partial charge in [-0.05, 0) is 60.3 Å². The van der Waals surface area contributed by atoms with Crippen LogP contribution in [-0.4, -0.2) is 5.91 Å². The van der Waals surface area contributed by atoms with Crippen molar-refractivity contribution in [3.05, 3.63) is 59.7 Å². The van der Waals surface area contributed by atoms with Gasteiger partial charge in [0.25, 0.3) is 0 Å². The molecule has 33 heavy (non-hydrogen) atoms. The first-order valence-electron chi connectivity index (χ1n) is 13.2. The highest BCUT2D eigenvalue weighted by Crippen LogP contribution is 2.45. The molecule has 2 aliphatic rings. The molecule has 3 nitrogen and oxygen atoms in total. The number of benzene rings is 2. The Morgan fingerprint density at radius 1 is 1.12 bits per heavy atom. The summed E-state index contributed by atoms with van der Waals surface area (Å²) >= 11 is 0. The Kier molecular flexibility index (Phi) is 8.11. The van der Waals surface area contributed by atoms with E-state index in [4.69, 9.17) is 4.74 Å². The largest absolute Gasteiger partial charge is 0.485 e. The van der Waals surface area contributed by atoms with Crippen LogP contribution in [0.15, 0.2) is 48.5 Å². The van der Waals surface area contributed by atoms with E-state index in [0.717, 1.165) is 35.6 Å². The molecular weight excluding hydrogens is 406 g/mol. The van der Waals surface area contributed by atoms with E-state index in [9.17, 15) is 4.79 Å². The molecule has 0 aromatic heterocycles. The standard InChI is InChI=1S/C30H41NO2/c1-4-10-21(2)24-12-6-5-11-23(17-24)18-26-19-25-13-7-8-16-29(25)30(26)33-28-15-9-14-27(20-28)31-22(3)32/h7-9,13-16,20-21,23-24,26,30H,4-6,10-12,17-19H2,1-3H3,(H,31,32). The van der Waals surface area contributed by atoms with Gasteiger partial charge in [-0.2, -0.15) is 0 Å². The summed E-state index contributed by atoms with van der Waals surface area (Å²) in [5.41, 5.74) is 3.58. The lowest BCUT2D eigenvalue weighted by molar-refractivity contribution is -0.114. The molecule has 1 amide bonds. The van der Waals surface area contributed by atoms with Crippen LogP contribution in [0, 0.1) is 23.7 Å². The van der Waals surface area contributed by atoms with Crippen LogP contribution >= 0.6 is 0 Å². The molecule has 2 aliphatic carbocycles. The molecule has 3 heteroatoms. The minimum absolute atomic E-state index is 0.0588. The summed E-state index contributed by atoms with van der Waals surface area (Å²) in [7, 11) is 0. The zero-order chi connectivity index (χ0) is 23.2. The van der Waals surface area contributed by atoms with E-state index in [1.165, 1.54) is 69.4 Å². The molecule has 0 spiro atoms. The number of fused-ring (bicyclic) bond motifs is 1. The quantitative estimate of drug-likeness (QED) is 0.417. The lowest BCUT2D eigenvalue weighted by Gasteiger charge is -2.29. The van der Waals surface area contributed by atoms with Gasteiger partial charge in [-0.1, -0.05) is 82.7 Å². The van der Waals surface area contributed by atoms with Crippen molar-refractivity contribution >= 4 is 11.6 Å². The molecule has 0 bridgehead atoms. The van der Waals surface area contributed by atoms with Crippen LogP contribution in [0.2, 0.25) is 0 Å². The topological polar surface area (TPSA) is 38.3 Å². The first kappa shape index (κ1) is 23.9. The third kappa shape index (κ3) is 6.19. The second-order valence-electron chi connectivity index (χ2n) is 10.6. The monoisotopic (exact) mass is 447 g/mol. The van der Waals surface area contributed by atoms with Gasteiger partial charge in [0.2, 0.25) is 5.91 Å². The Balaban J connectivity index is 1.50. The van der Waals surface area contributed by atoms with Crippen molar-refractivity contribution < 1.29 is 9.53 Å². The SMILES string of the molecule is CCCC(C)C1CCCCC(CC2Cc3ccccc3C2Oc2cccc(NC(C)=O)c2)C1. The molecule has 178 valence electrons. The summed E-state index contributed by atoms with van der Waals surface area (Å²) in [5.74, 6) is 3.82. The van der Waals surface area contributed by atoms with Crippen molar-refractivity contribution in [2.24, 2.45) is 23.7 Å². The van der Waals surface area contributed by atoms with E-state index in [1.807, 2.05) is 24.3 Å². The molecule has 0 saturated heterocycles. The van der Waals surface area contributed by atoms with Crippen molar-refractivity contribution in [2.75, 3.05) is 5.32 Å². The third-order valence-electron chi connectivity index (χ3n) is 7.95. The molecule has 5 unspecified atom stereocenters.